The van der Waals surface area contributed by atoms with Gasteiger partial charge >= 0.3 is 0 Å². The fraction of sp³-hybridized carbons (Fsp3) is 0.0968. The third-order valence-corrected chi connectivity index (χ3v) is 14.9. The molecule has 312 valence electrons. The van der Waals surface area contributed by atoms with Crippen molar-refractivity contribution in [1.29, 1.82) is 0 Å². The van der Waals surface area contributed by atoms with Crippen molar-refractivity contribution in [2.24, 2.45) is 0 Å². The van der Waals surface area contributed by atoms with Crippen LogP contribution < -0.4 is 26.4 Å². The second-order valence-electron chi connectivity index (χ2n) is 19.2. The van der Waals surface area contributed by atoms with E-state index in [1.807, 2.05) is 0 Å². The van der Waals surface area contributed by atoms with Crippen LogP contribution in [0.4, 0.5) is 34.1 Å². The molecule has 2 aliphatic rings. The van der Waals surface area contributed by atoms with Crippen molar-refractivity contribution in [3.63, 3.8) is 0 Å². The number of hydrogen-bond acceptors (Lipinski definition) is 3. The van der Waals surface area contributed by atoms with Gasteiger partial charge in [0.05, 0.1) is 11.3 Å². The van der Waals surface area contributed by atoms with Gasteiger partial charge in [-0.25, -0.2) is 0 Å². The summed E-state index contributed by atoms with van der Waals surface area (Å²) in [6, 6.07) is 70.7. The van der Waals surface area contributed by atoms with E-state index in [0.717, 1.165) is 33.7 Å². The van der Waals surface area contributed by atoms with Crippen molar-refractivity contribution < 1.29 is 4.42 Å². The average molecular weight is 845 g/mol. The van der Waals surface area contributed by atoms with Gasteiger partial charge < -0.3 is 14.2 Å². The van der Waals surface area contributed by atoms with E-state index in [9.17, 15) is 0 Å². The quantitative estimate of drug-likeness (QED) is 0.130. The van der Waals surface area contributed by atoms with Crippen LogP contribution in [0.25, 0.3) is 75.6 Å². The fourth-order valence-corrected chi connectivity index (χ4v) is 11.8. The van der Waals surface area contributed by atoms with Gasteiger partial charge in [0, 0.05) is 33.8 Å². The summed E-state index contributed by atoms with van der Waals surface area (Å²) in [5.41, 5.74) is 14.0. The molecule has 0 atom stereocenters. The minimum Gasteiger partial charge on any atom is -0.468 e. The van der Waals surface area contributed by atoms with Crippen molar-refractivity contribution in [3.8, 4) is 0 Å². The highest BCUT2D eigenvalue weighted by Crippen LogP contribution is 2.49. The fourth-order valence-electron chi connectivity index (χ4n) is 11.8. The van der Waals surface area contributed by atoms with Gasteiger partial charge in [0.2, 0.25) is 0 Å². The number of benzene rings is 11. The molecule has 0 saturated carbocycles. The van der Waals surface area contributed by atoms with E-state index >= 15 is 0 Å². The molecule has 0 aliphatic carbocycles. The van der Waals surface area contributed by atoms with Crippen LogP contribution in [-0.2, 0) is 0 Å². The van der Waals surface area contributed by atoms with Gasteiger partial charge in [-0.3, -0.25) is 0 Å². The van der Waals surface area contributed by atoms with Crippen LogP contribution in [0.15, 0.2) is 192 Å². The predicted octanol–water partition coefficient (Wildman–Crippen LogP) is 15.7. The molecule has 0 fully saturated rings. The maximum Gasteiger partial charge on any atom is 0.297 e. The molecule has 3 heterocycles. The Morgan fingerprint density at radius 1 is 0.364 bits per heavy atom. The number of furan rings is 1. The second kappa shape index (κ2) is 13.8. The largest absolute Gasteiger partial charge is 0.468 e. The number of anilines is 6. The molecule has 0 bridgehead atoms. The first-order valence-corrected chi connectivity index (χ1v) is 23.5. The Bertz CT molecular complexity index is 3980. The van der Waals surface area contributed by atoms with Gasteiger partial charge in [-0.15, -0.1) is 0 Å². The molecule has 14 rings (SSSR count). The monoisotopic (exact) mass is 844 g/mol. The summed E-state index contributed by atoms with van der Waals surface area (Å²) < 4.78 is 7.33. The summed E-state index contributed by atoms with van der Waals surface area (Å²) in [6.45, 7) is 9.04. The molecule has 0 amide bonds. The van der Waals surface area contributed by atoms with E-state index in [1.54, 1.807) is 0 Å². The van der Waals surface area contributed by atoms with Crippen LogP contribution >= 0.6 is 0 Å². The zero-order valence-corrected chi connectivity index (χ0v) is 37.4. The molecule has 11 aromatic carbocycles. The first-order chi connectivity index (χ1) is 32.4. The number of rotatable bonds is 4. The molecule has 0 saturated heterocycles. The first-order valence-electron chi connectivity index (χ1n) is 23.5. The summed E-state index contributed by atoms with van der Waals surface area (Å²) in [4.78, 5) is 5.06. The lowest BCUT2D eigenvalue weighted by molar-refractivity contribution is 0.651. The SMILES string of the molecule is CC(C)c1ccc2c(c1)B1c3oc4ccc(C(C)C)cc4c3N(c3ccc4c5ccccc5c5ccccc5c4c3)c3cccc(c31)N2c1ccc2c3ccccc3c3ccccc3c2c1. The van der Waals surface area contributed by atoms with Crippen molar-refractivity contribution in [2.45, 2.75) is 39.5 Å². The standard InChI is InChI=1S/C62H45BN2O/c1-36(2)38-25-31-59-54(32-38)61-62(66-59)63-55-33-39(37(3)4)24-30-56(55)64(40-26-28-50-46-18-7-5-14-42(46)44-16-9-11-20-48(44)52(50)34-40)57-22-13-23-58(60(57)63)65(61)41-27-29-51-47-19-8-6-15-43(47)45-17-10-12-21-49(45)53(51)35-41/h5-37H,1-4H3. The Kier molecular flexibility index (Phi) is 7.88. The molecule has 1 aromatic heterocycles. The summed E-state index contributed by atoms with van der Waals surface area (Å²) in [6.07, 6.45) is 0. The molecular weight excluding hydrogens is 800 g/mol. The van der Waals surface area contributed by atoms with Gasteiger partial charge in [-0.1, -0.05) is 161 Å². The topological polar surface area (TPSA) is 19.6 Å². The van der Waals surface area contributed by atoms with E-state index in [2.05, 4.69) is 226 Å². The molecule has 0 N–H and O–H groups in total. The highest BCUT2D eigenvalue weighted by molar-refractivity contribution is 7.00. The van der Waals surface area contributed by atoms with E-state index in [4.69, 9.17) is 4.42 Å². The lowest BCUT2D eigenvalue weighted by Gasteiger charge is -2.42. The predicted molar refractivity (Wildman–Crippen MR) is 283 cm³/mol. The van der Waals surface area contributed by atoms with Crippen molar-refractivity contribution >= 4 is 133 Å². The molecule has 4 heteroatoms. The smallest absolute Gasteiger partial charge is 0.297 e. The van der Waals surface area contributed by atoms with Gasteiger partial charge in [0.1, 0.15) is 5.58 Å². The highest BCUT2D eigenvalue weighted by atomic mass is 16.3. The molecule has 0 radical (unpaired) electrons. The summed E-state index contributed by atoms with van der Waals surface area (Å²) in [7, 11) is 0. The summed E-state index contributed by atoms with van der Waals surface area (Å²) >= 11 is 0. The zero-order valence-electron chi connectivity index (χ0n) is 37.4. The normalized spacial score (nSPS) is 13.3. The van der Waals surface area contributed by atoms with Crippen LogP contribution in [0.5, 0.6) is 0 Å². The summed E-state index contributed by atoms with van der Waals surface area (Å²) in [5.74, 6) is 0.721. The Morgan fingerprint density at radius 3 is 1.32 bits per heavy atom. The molecule has 0 spiro atoms. The minimum atomic E-state index is -0.127. The van der Waals surface area contributed by atoms with Crippen LogP contribution in [0, 0.1) is 0 Å². The van der Waals surface area contributed by atoms with Gasteiger partial charge in [-0.05, 0) is 153 Å². The van der Waals surface area contributed by atoms with Crippen molar-refractivity contribution in [2.75, 3.05) is 9.80 Å². The van der Waals surface area contributed by atoms with E-state index in [0.29, 0.717) is 11.8 Å². The molecular formula is C62H45BN2O. The Morgan fingerprint density at radius 2 is 0.803 bits per heavy atom. The van der Waals surface area contributed by atoms with Crippen molar-refractivity contribution in [1.82, 2.24) is 0 Å². The molecule has 3 nitrogen and oxygen atoms in total. The van der Waals surface area contributed by atoms with Gasteiger partial charge in [0.25, 0.3) is 6.71 Å². The second-order valence-corrected chi connectivity index (χ2v) is 19.2. The molecule has 12 aromatic rings. The Balaban J connectivity index is 1.08. The van der Waals surface area contributed by atoms with Crippen LogP contribution in [0.2, 0.25) is 0 Å². The van der Waals surface area contributed by atoms with Gasteiger partial charge in [-0.2, -0.15) is 0 Å². The zero-order chi connectivity index (χ0) is 43.9. The van der Waals surface area contributed by atoms with E-state index in [-0.39, 0.29) is 6.71 Å². The van der Waals surface area contributed by atoms with Crippen LogP contribution in [0.3, 0.4) is 0 Å². The summed E-state index contributed by atoms with van der Waals surface area (Å²) in [5, 5.41) is 16.4. The lowest BCUT2D eigenvalue weighted by Crippen LogP contribution is -2.61. The highest BCUT2D eigenvalue weighted by Gasteiger charge is 2.47. The lowest BCUT2D eigenvalue weighted by atomic mass is 9.35. The third-order valence-electron chi connectivity index (χ3n) is 14.9. The minimum absolute atomic E-state index is 0.127. The Hall–Kier alpha value is -7.82. The maximum atomic E-state index is 7.33. The van der Waals surface area contributed by atoms with Gasteiger partial charge in [0.15, 0.2) is 0 Å². The van der Waals surface area contributed by atoms with Crippen LogP contribution in [0.1, 0.15) is 50.7 Å². The van der Waals surface area contributed by atoms with Crippen molar-refractivity contribution in [3.05, 3.63) is 199 Å². The molecule has 66 heavy (non-hydrogen) atoms. The number of nitrogens with zero attached hydrogens (tertiary/aromatic N) is 2. The van der Waals surface area contributed by atoms with Crippen LogP contribution in [-0.4, -0.2) is 6.71 Å². The molecule has 0 unspecified atom stereocenters. The number of fused-ring (bicyclic) bond motifs is 18. The van der Waals surface area contributed by atoms with E-state index in [1.165, 1.54) is 104 Å². The molecule has 2 aliphatic heterocycles. The van der Waals surface area contributed by atoms with E-state index < -0.39 is 0 Å². The number of hydrogen-bond donors (Lipinski definition) is 0. The average Bonchev–Trinajstić information content (AvgIpc) is 3.74. The maximum absolute atomic E-state index is 7.33. The third kappa shape index (κ3) is 5.16. The Labute approximate surface area is 384 Å². The first kappa shape index (κ1) is 37.5.